The van der Waals surface area contributed by atoms with Gasteiger partial charge in [-0.05, 0) is 36.6 Å². The van der Waals surface area contributed by atoms with Crippen molar-refractivity contribution >= 4 is 21.9 Å². The van der Waals surface area contributed by atoms with Crippen molar-refractivity contribution in [3.8, 4) is 5.75 Å². The van der Waals surface area contributed by atoms with Gasteiger partial charge in [0, 0.05) is 10.4 Å². The Labute approximate surface area is 123 Å². The molecule has 0 saturated heterocycles. The first-order chi connectivity index (χ1) is 8.99. The number of halogens is 1. The van der Waals surface area contributed by atoms with Gasteiger partial charge in [0.2, 0.25) is 0 Å². The molecule has 1 aromatic rings. The Bertz CT molecular complexity index is 429. The van der Waals surface area contributed by atoms with Crippen LogP contribution in [0.1, 0.15) is 38.7 Å². The number of ether oxygens (including phenoxy) is 2. The van der Waals surface area contributed by atoms with Crippen molar-refractivity contribution in [3.63, 3.8) is 0 Å². The average Bonchev–Trinajstić information content (AvgIpc) is 2.36. The molecule has 0 aromatic heterocycles. The van der Waals surface area contributed by atoms with E-state index in [0.29, 0.717) is 18.9 Å². The van der Waals surface area contributed by atoms with Gasteiger partial charge in [-0.2, -0.15) is 0 Å². The standard InChI is InChI=1S/C15H21BrO3/c1-5-19-15(17)9-12(10(2)3)13-8-11(16)6-7-14(13)18-4/h6-8,10,12H,5,9H2,1-4H3/t12-/m0/s1. The van der Waals surface area contributed by atoms with Crippen LogP contribution in [-0.2, 0) is 9.53 Å². The number of carbonyl (C=O) groups is 1. The van der Waals surface area contributed by atoms with Crippen LogP contribution in [0, 0.1) is 5.92 Å². The maximum atomic E-state index is 11.7. The highest BCUT2D eigenvalue weighted by Crippen LogP contribution is 2.36. The van der Waals surface area contributed by atoms with Gasteiger partial charge in [0.25, 0.3) is 0 Å². The van der Waals surface area contributed by atoms with E-state index in [-0.39, 0.29) is 11.9 Å². The van der Waals surface area contributed by atoms with Crippen LogP contribution in [0.5, 0.6) is 5.75 Å². The number of benzene rings is 1. The molecule has 0 aliphatic carbocycles. The molecule has 0 radical (unpaired) electrons. The van der Waals surface area contributed by atoms with Gasteiger partial charge in [-0.1, -0.05) is 29.8 Å². The molecule has 0 saturated carbocycles. The van der Waals surface area contributed by atoms with Crippen molar-refractivity contribution in [1.82, 2.24) is 0 Å². The molecule has 106 valence electrons. The zero-order valence-corrected chi connectivity index (χ0v) is 13.5. The van der Waals surface area contributed by atoms with E-state index in [1.807, 2.05) is 25.1 Å². The summed E-state index contributed by atoms with van der Waals surface area (Å²) in [6, 6.07) is 5.87. The van der Waals surface area contributed by atoms with Crippen LogP contribution in [0.4, 0.5) is 0 Å². The van der Waals surface area contributed by atoms with Crippen LogP contribution in [0.2, 0.25) is 0 Å². The van der Waals surface area contributed by atoms with E-state index in [9.17, 15) is 4.79 Å². The summed E-state index contributed by atoms with van der Waals surface area (Å²) in [7, 11) is 1.65. The Morgan fingerprint density at radius 1 is 1.37 bits per heavy atom. The van der Waals surface area contributed by atoms with Gasteiger partial charge in [0.15, 0.2) is 0 Å². The summed E-state index contributed by atoms with van der Waals surface area (Å²) in [5, 5.41) is 0. The first-order valence-corrected chi connectivity index (χ1v) is 7.27. The largest absolute Gasteiger partial charge is 0.496 e. The van der Waals surface area contributed by atoms with E-state index in [0.717, 1.165) is 15.8 Å². The summed E-state index contributed by atoms with van der Waals surface area (Å²) < 4.78 is 11.4. The predicted octanol–water partition coefficient (Wildman–Crippen LogP) is 4.15. The monoisotopic (exact) mass is 328 g/mol. The maximum Gasteiger partial charge on any atom is 0.306 e. The lowest BCUT2D eigenvalue weighted by Crippen LogP contribution is -2.15. The molecule has 3 nitrogen and oxygen atoms in total. The number of methoxy groups -OCH3 is 1. The number of esters is 1. The summed E-state index contributed by atoms with van der Waals surface area (Å²) in [6.07, 6.45) is 0.373. The quantitative estimate of drug-likeness (QED) is 0.736. The van der Waals surface area contributed by atoms with Gasteiger partial charge in [0.05, 0.1) is 20.1 Å². The highest BCUT2D eigenvalue weighted by molar-refractivity contribution is 9.10. The van der Waals surface area contributed by atoms with E-state index < -0.39 is 0 Å². The number of hydrogen-bond donors (Lipinski definition) is 0. The van der Waals surface area contributed by atoms with Crippen molar-refractivity contribution in [2.24, 2.45) is 5.92 Å². The fourth-order valence-corrected chi connectivity index (χ4v) is 2.48. The van der Waals surface area contributed by atoms with E-state index in [1.165, 1.54) is 0 Å². The molecule has 1 aromatic carbocycles. The van der Waals surface area contributed by atoms with Crippen molar-refractivity contribution in [2.75, 3.05) is 13.7 Å². The van der Waals surface area contributed by atoms with E-state index >= 15 is 0 Å². The second-order valence-corrected chi connectivity index (χ2v) is 5.66. The normalized spacial score (nSPS) is 12.3. The fourth-order valence-electron chi connectivity index (χ4n) is 2.10. The fraction of sp³-hybridized carbons (Fsp3) is 0.533. The van der Waals surface area contributed by atoms with E-state index in [4.69, 9.17) is 9.47 Å². The van der Waals surface area contributed by atoms with Crippen LogP contribution < -0.4 is 4.74 Å². The molecule has 4 heteroatoms. The molecule has 0 bridgehead atoms. The first-order valence-electron chi connectivity index (χ1n) is 6.48. The molecular formula is C15H21BrO3. The zero-order valence-electron chi connectivity index (χ0n) is 11.9. The van der Waals surface area contributed by atoms with Crippen LogP contribution in [0.25, 0.3) is 0 Å². The van der Waals surface area contributed by atoms with Gasteiger partial charge in [-0.3, -0.25) is 4.79 Å². The van der Waals surface area contributed by atoms with Gasteiger partial charge in [0.1, 0.15) is 5.75 Å². The lowest BCUT2D eigenvalue weighted by atomic mass is 9.85. The molecule has 0 fully saturated rings. The first kappa shape index (κ1) is 16.0. The van der Waals surface area contributed by atoms with Crippen molar-refractivity contribution in [2.45, 2.75) is 33.1 Å². The molecule has 0 aliphatic rings. The van der Waals surface area contributed by atoms with Crippen molar-refractivity contribution < 1.29 is 14.3 Å². The topological polar surface area (TPSA) is 35.5 Å². The lowest BCUT2D eigenvalue weighted by molar-refractivity contribution is -0.143. The predicted molar refractivity (Wildman–Crippen MR) is 79.5 cm³/mol. The zero-order chi connectivity index (χ0) is 14.4. The molecule has 1 atom stereocenters. The number of rotatable bonds is 6. The summed E-state index contributed by atoms with van der Waals surface area (Å²) in [5.74, 6) is 1.06. The van der Waals surface area contributed by atoms with Gasteiger partial charge in [-0.15, -0.1) is 0 Å². The third-order valence-electron chi connectivity index (χ3n) is 3.09. The molecule has 0 N–H and O–H groups in total. The van der Waals surface area contributed by atoms with E-state index in [2.05, 4.69) is 29.8 Å². The Kier molecular flexibility index (Phi) is 6.35. The summed E-state index contributed by atoms with van der Waals surface area (Å²) in [4.78, 5) is 11.7. The van der Waals surface area contributed by atoms with Crippen LogP contribution >= 0.6 is 15.9 Å². The number of carbonyl (C=O) groups excluding carboxylic acids is 1. The second-order valence-electron chi connectivity index (χ2n) is 4.75. The lowest BCUT2D eigenvalue weighted by Gasteiger charge is -2.23. The Morgan fingerprint density at radius 2 is 2.05 bits per heavy atom. The van der Waals surface area contributed by atoms with Crippen molar-refractivity contribution in [3.05, 3.63) is 28.2 Å². The van der Waals surface area contributed by atoms with Gasteiger partial charge < -0.3 is 9.47 Å². The molecule has 1 rings (SSSR count). The third kappa shape index (κ3) is 4.53. The van der Waals surface area contributed by atoms with Crippen molar-refractivity contribution in [1.29, 1.82) is 0 Å². The molecule has 19 heavy (non-hydrogen) atoms. The Balaban J connectivity index is 3.04. The smallest absolute Gasteiger partial charge is 0.306 e. The van der Waals surface area contributed by atoms with Crippen LogP contribution in [0.3, 0.4) is 0 Å². The van der Waals surface area contributed by atoms with Crippen LogP contribution in [0.15, 0.2) is 22.7 Å². The molecule has 0 spiro atoms. The summed E-state index contributed by atoms with van der Waals surface area (Å²) in [5.41, 5.74) is 1.04. The van der Waals surface area contributed by atoms with Crippen LogP contribution in [-0.4, -0.2) is 19.7 Å². The minimum absolute atomic E-state index is 0.0894. The third-order valence-corrected chi connectivity index (χ3v) is 3.58. The SMILES string of the molecule is CCOC(=O)C[C@H](c1cc(Br)ccc1OC)C(C)C. The van der Waals surface area contributed by atoms with Gasteiger partial charge in [-0.25, -0.2) is 0 Å². The molecule has 0 heterocycles. The Hall–Kier alpha value is -1.03. The minimum Gasteiger partial charge on any atom is -0.496 e. The second kappa shape index (κ2) is 7.53. The maximum absolute atomic E-state index is 11.7. The Morgan fingerprint density at radius 3 is 2.58 bits per heavy atom. The van der Waals surface area contributed by atoms with Gasteiger partial charge >= 0.3 is 5.97 Å². The minimum atomic E-state index is -0.164. The summed E-state index contributed by atoms with van der Waals surface area (Å²) in [6.45, 7) is 6.44. The number of hydrogen-bond acceptors (Lipinski definition) is 3. The molecule has 0 unspecified atom stereocenters. The highest BCUT2D eigenvalue weighted by atomic mass is 79.9. The molecule has 0 aliphatic heterocycles. The van der Waals surface area contributed by atoms with E-state index in [1.54, 1.807) is 7.11 Å². The average molecular weight is 329 g/mol. The molecule has 0 amide bonds. The molecular weight excluding hydrogens is 308 g/mol. The summed E-state index contributed by atoms with van der Waals surface area (Å²) >= 11 is 3.47. The highest BCUT2D eigenvalue weighted by Gasteiger charge is 2.23.